The van der Waals surface area contributed by atoms with Crippen molar-refractivity contribution < 1.29 is 14.3 Å². The molecule has 0 aliphatic rings. The molecule has 0 bridgehead atoms. The van der Waals surface area contributed by atoms with Gasteiger partial charge in [-0.25, -0.2) is 4.79 Å². The number of ether oxygens (including phenoxy) is 2. The smallest absolute Gasteiger partial charge is 0.384 e. The summed E-state index contributed by atoms with van der Waals surface area (Å²) in [5, 5.41) is 0. The highest BCUT2D eigenvalue weighted by atomic mass is 16.5. The van der Waals surface area contributed by atoms with Crippen molar-refractivity contribution in [2.45, 2.75) is 13.8 Å². The van der Waals surface area contributed by atoms with Gasteiger partial charge in [-0.2, -0.15) is 0 Å². The zero-order chi connectivity index (χ0) is 12.0. The molecule has 0 unspecified atom stereocenters. The first kappa shape index (κ1) is 12.1. The fraction of sp³-hybridized carbons (Fsp3) is 0.308. The van der Waals surface area contributed by atoms with E-state index in [1.54, 1.807) is 20.1 Å². The summed E-state index contributed by atoms with van der Waals surface area (Å²) in [6.07, 6.45) is 0. The minimum atomic E-state index is -0.511. The van der Waals surface area contributed by atoms with Crippen LogP contribution < -0.4 is 4.74 Å². The molecule has 16 heavy (non-hydrogen) atoms. The van der Waals surface area contributed by atoms with Crippen molar-refractivity contribution in [3.63, 3.8) is 0 Å². The average molecular weight is 218 g/mol. The molecule has 1 aromatic carbocycles. The van der Waals surface area contributed by atoms with Gasteiger partial charge in [0.15, 0.2) is 0 Å². The largest absolute Gasteiger partial charge is 0.497 e. The Morgan fingerprint density at radius 3 is 2.75 bits per heavy atom. The molecule has 0 heterocycles. The van der Waals surface area contributed by atoms with Gasteiger partial charge in [-0.3, -0.25) is 0 Å². The first-order chi connectivity index (χ1) is 7.65. The molecule has 0 aliphatic carbocycles. The van der Waals surface area contributed by atoms with Gasteiger partial charge < -0.3 is 9.47 Å². The van der Waals surface area contributed by atoms with Gasteiger partial charge in [-0.15, -0.1) is 0 Å². The Hall–Kier alpha value is -1.95. The molecule has 0 atom stereocenters. The number of hydrogen-bond donors (Lipinski definition) is 0. The SMILES string of the molecule is CCOC(=O)C#Cc1cc(C)cc(OC)c1. The first-order valence-corrected chi connectivity index (χ1v) is 5.00. The van der Waals surface area contributed by atoms with E-state index in [1.807, 2.05) is 19.1 Å². The number of benzene rings is 1. The Bertz CT molecular complexity index is 438. The van der Waals surface area contributed by atoms with Crippen LogP contribution in [0.25, 0.3) is 0 Å². The Kier molecular flexibility index (Phi) is 4.41. The number of hydrogen-bond acceptors (Lipinski definition) is 3. The lowest BCUT2D eigenvalue weighted by molar-refractivity contribution is -0.136. The molecule has 0 fully saturated rings. The molecule has 0 saturated heterocycles. The molecule has 1 rings (SSSR count). The number of methoxy groups -OCH3 is 1. The van der Waals surface area contributed by atoms with E-state index in [9.17, 15) is 4.79 Å². The van der Waals surface area contributed by atoms with Crippen molar-refractivity contribution >= 4 is 5.97 Å². The van der Waals surface area contributed by atoms with Crippen LogP contribution in [-0.4, -0.2) is 19.7 Å². The summed E-state index contributed by atoms with van der Waals surface area (Å²) >= 11 is 0. The molecule has 1 aromatic rings. The monoisotopic (exact) mass is 218 g/mol. The fourth-order valence-corrected chi connectivity index (χ4v) is 1.23. The zero-order valence-electron chi connectivity index (χ0n) is 9.66. The van der Waals surface area contributed by atoms with Crippen molar-refractivity contribution in [2.75, 3.05) is 13.7 Å². The van der Waals surface area contributed by atoms with Crippen LogP contribution in [0.1, 0.15) is 18.1 Å². The van der Waals surface area contributed by atoms with Crippen molar-refractivity contribution in [1.82, 2.24) is 0 Å². The molecular weight excluding hydrogens is 204 g/mol. The van der Waals surface area contributed by atoms with Crippen LogP contribution in [0, 0.1) is 18.8 Å². The molecule has 84 valence electrons. The highest BCUT2D eigenvalue weighted by Gasteiger charge is 1.97. The average Bonchev–Trinajstić information content (AvgIpc) is 2.26. The van der Waals surface area contributed by atoms with Gasteiger partial charge >= 0.3 is 5.97 Å². The molecule has 0 radical (unpaired) electrons. The van der Waals surface area contributed by atoms with E-state index in [2.05, 4.69) is 11.8 Å². The van der Waals surface area contributed by atoms with E-state index in [-0.39, 0.29) is 0 Å². The predicted octanol–water partition coefficient (Wildman–Crippen LogP) is 1.92. The van der Waals surface area contributed by atoms with E-state index >= 15 is 0 Å². The van der Waals surface area contributed by atoms with Crippen LogP contribution >= 0.6 is 0 Å². The zero-order valence-corrected chi connectivity index (χ0v) is 9.66. The van der Waals surface area contributed by atoms with Crippen molar-refractivity contribution in [1.29, 1.82) is 0 Å². The van der Waals surface area contributed by atoms with Gasteiger partial charge in [-0.05, 0) is 37.6 Å². The van der Waals surface area contributed by atoms with E-state index in [0.717, 1.165) is 16.9 Å². The molecular formula is C13H14O3. The third kappa shape index (κ3) is 3.66. The van der Waals surface area contributed by atoms with Crippen molar-refractivity contribution in [2.24, 2.45) is 0 Å². The van der Waals surface area contributed by atoms with Gasteiger partial charge in [0.2, 0.25) is 0 Å². The van der Waals surface area contributed by atoms with Crippen LogP contribution in [0.5, 0.6) is 5.75 Å². The van der Waals surface area contributed by atoms with Crippen LogP contribution in [-0.2, 0) is 9.53 Å². The van der Waals surface area contributed by atoms with Gasteiger partial charge in [0.05, 0.1) is 13.7 Å². The highest BCUT2D eigenvalue weighted by molar-refractivity contribution is 5.89. The molecule has 3 heteroatoms. The first-order valence-electron chi connectivity index (χ1n) is 5.00. The maximum Gasteiger partial charge on any atom is 0.384 e. The van der Waals surface area contributed by atoms with Crippen molar-refractivity contribution in [3.8, 4) is 17.6 Å². The lowest BCUT2D eigenvalue weighted by Crippen LogP contribution is -1.99. The molecule has 0 saturated carbocycles. The second-order valence-electron chi connectivity index (χ2n) is 3.21. The van der Waals surface area contributed by atoms with Crippen LogP contribution in [0.3, 0.4) is 0 Å². The Labute approximate surface area is 95.4 Å². The minimum Gasteiger partial charge on any atom is -0.497 e. The van der Waals surface area contributed by atoms with Gasteiger partial charge in [0.25, 0.3) is 0 Å². The lowest BCUT2D eigenvalue weighted by atomic mass is 10.1. The summed E-state index contributed by atoms with van der Waals surface area (Å²) in [4.78, 5) is 11.0. The highest BCUT2D eigenvalue weighted by Crippen LogP contribution is 2.15. The van der Waals surface area contributed by atoms with E-state index in [4.69, 9.17) is 9.47 Å². The second-order valence-corrected chi connectivity index (χ2v) is 3.21. The van der Waals surface area contributed by atoms with Gasteiger partial charge in [0.1, 0.15) is 5.75 Å². The molecule has 0 aromatic heterocycles. The van der Waals surface area contributed by atoms with Crippen LogP contribution in [0.4, 0.5) is 0 Å². The molecule has 3 nitrogen and oxygen atoms in total. The summed E-state index contributed by atoms with van der Waals surface area (Å²) in [7, 11) is 1.59. The third-order valence-corrected chi connectivity index (χ3v) is 1.87. The quantitative estimate of drug-likeness (QED) is 0.562. The normalized spacial score (nSPS) is 8.94. The Balaban J connectivity index is 2.88. The fourth-order valence-electron chi connectivity index (χ4n) is 1.23. The van der Waals surface area contributed by atoms with Gasteiger partial charge in [0, 0.05) is 11.5 Å². The maximum atomic E-state index is 11.0. The number of aryl methyl sites for hydroxylation is 1. The predicted molar refractivity (Wildman–Crippen MR) is 61.2 cm³/mol. The second kappa shape index (κ2) is 5.82. The van der Waals surface area contributed by atoms with Crippen molar-refractivity contribution in [3.05, 3.63) is 29.3 Å². The summed E-state index contributed by atoms with van der Waals surface area (Å²) in [6.45, 7) is 4.03. The third-order valence-electron chi connectivity index (χ3n) is 1.87. The number of carbonyl (C=O) groups is 1. The summed E-state index contributed by atoms with van der Waals surface area (Å²) in [5.74, 6) is 5.37. The molecule has 0 N–H and O–H groups in total. The summed E-state index contributed by atoms with van der Waals surface area (Å²) < 4.78 is 9.81. The minimum absolute atomic E-state index is 0.338. The molecule has 0 aliphatic heterocycles. The summed E-state index contributed by atoms with van der Waals surface area (Å²) in [6, 6.07) is 5.56. The molecule has 0 amide bonds. The lowest BCUT2D eigenvalue weighted by Gasteiger charge is -2.01. The standard InChI is InChI=1S/C13H14O3/c1-4-16-13(14)6-5-11-7-10(2)8-12(9-11)15-3/h7-9H,4H2,1-3H3. The van der Waals surface area contributed by atoms with E-state index < -0.39 is 5.97 Å². The summed E-state index contributed by atoms with van der Waals surface area (Å²) in [5.41, 5.74) is 1.78. The topological polar surface area (TPSA) is 35.5 Å². The van der Waals surface area contributed by atoms with Crippen LogP contribution in [0.2, 0.25) is 0 Å². The Morgan fingerprint density at radius 1 is 1.38 bits per heavy atom. The van der Waals surface area contributed by atoms with Gasteiger partial charge in [-0.1, -0.05) is 5.92 Å². The van der Waals surface area contributed by atoms with E-state index in [0.29, 0.717) is 6.61 Å². The van der Waals surface area contributed by atoms with Crippen LogP contribution in [0.15, 0.2) is 18.2 Å². The maximum absolute atomic E-state index is 11.0. The number of esters is 1. The Morgan fingerprint density at radius 2 is 2.12 bits per heavy atom. The number of rotatable bonds is 2. The van der Waals surface area contributed by atoms with E-state index in [1.165, 1.54) is 0 Å². The molecule has 0 spiro atoms. The number of carbonyl (C=O) groups excluding carboxylic acids is 1.